The average molecular weight is 324 g/mol. The van der Waals surface area contributed by atoms with Crippen molar-refractivity contribution in [1.29, 1.82) is 0 Å². The number of hydrogen-bond acceptors (Lipinski definition) is 3. The van der Waals surface area contributed by atoms with Gasteiger partial charge in [0.1, 0.15) is 6.61 Å². The van der Waals surface area contributed by atoms with Crippen molar-refractivity contribution >= 4 is 6.02 Å². The van der Waals surface area contributed by atoms with Crippen LogP contribution in [0.5, 0.6) is 0 Å². The molecular formula is C19H37N3O. The van der Waals surface area contributed by atoms with Crippen molar-refractivity contribution in [2.24, 2.45) is 4.99 Å². The maximum atomic E-state index is 6.08. The maximum Gasteiger partial charge on any atom is 0.285 e. The Morgan fingerprint density at radius 2 is 1.57 bits per heavy atom. The first-order chi connectivity index (χ1) is 11.3. The lowest BCUT2D eigenvalue weighted by atomic mass is 9.95. The SMILES string of the molecule is CCN(CC)CCO/C(=N\C1CCCCC1)NC1CCCCC1. The van der Waals surface area contributed by atoms with E-state index in [1.54, 1.807) is 0 Å². The third-order valence-corrected chi connectivity index (χ3v) is 5.35. The first-order valence-corrected chi connectivity index (χ1v) is 10.0. The van der Waals surface area contributed by atoms with E-state index in [9.17, 15) is 0 Å². The predicted octanol–water partition coefficient (Wildman–Crippen LogP) is 3.96. The van der Waals surface area contributed by atoms with Crippen LogP contribution in [0.25, 0.3) is 0 Å². The highest BCUT2D eigenvalue weighted by Crippen LogP contribution is 2.21. The summed E-state index contributed by atoms with van der Waals surface area (Å²) < 4.78 is 6.08. The Kier molecular flexibility index (Phi) is 8.80. The number of nitrogens with one attached hydrogen (secondary N) is 1. The fraction of sp³-hybridized carbons (Fsp3) is 0.947. The molecule has 2 saturated carbocycles. The largest absolute Gasteiger partial charge is 0.464 e. The molecule has 0 aromatic rings. The lowest BCUT2D eigenvalue weighted by Gasteiger charge is -2.26. The molecule has 4 nitrogen and oxygen atoms in total. The molecule has 23 heavy (non-hydrogen) atoms. The summed E-state index contributed by atoms with van der Waals surface area (Å²) in [6, 6.07) is 1.87. The zero-order chi connectivity index (χ0) is 16.3. The summed E-state index contributed by atoms with van der Waals surface area (Å²) in [7, 11) is 0. The molecule has 134 valence electrons. The van der Waals surface area contributed by atoms with Gasteiger partial charge in [0.05, 0.1) is 6.04 Å². The van der Waals surface area contributed by atoms with Gasteiger partial charge in [-0.1, -0.05) is 52.4 Å². The van der Waals surface area contributed by atoms with Crippen molar-refractivity contribution in [3.8, 4) is 0 Å². The van der Waals surface area contributed by atoms with Crippen molar-refractivity contribution in [2.75, 3.05) is 26.2 Å². The molecule has 0 saturated heterocycles. The van der Waals surface area contributed by atoms with Crippen LogP contribution < -0.4 is 5.32 Å². The van der Waals surface area contributed by atoms with Crippen LogP contribution in [0.4, 0.5) is 0 Å². The highest BCUT2D eigenvalue weighted by atomic mass is 16.5. The van der Waals surface area contributed by atoms with Gasteiger partial charge >= 0.3 is 0 Å². The molecule has 2 rings (SSSR count). The van der Waals surface area contributed by atoms with Crippen molar-refractivity contribution in [1.82, 2.24) is 10.2 Å². The molecule has 2 aliphatic rings. The summed E-state index contributed by atoms with van der Waals surface area (Å²) in [5.74, 6) is 0. The van der Waals surface area contributed by atoms with Gasteiger partial charge in [0.15, 0.2) is 0 Å². The molecule has 0 atom stereocenters. The first-order valence-electron chi connectivity index (χ1n) is 10.0. The van der Waals surface area contributed by atoms with E-state index in [1.165, 1.54) is 64.2 Å². The smallest absolute Gasteiger partial charge is 0.285 e. The standard InChI is InChI=1S/C19H37N3O/c1-3-22(4-2)15-16-23-19(20-17-11-7-5-8-12-17)21-18-13-9-6-10-14-18/h17-18H,3-16H2,1-2H3,(H,20,21). The van der Waals surface area contributed by atoms with E-state index in [0.717, 1.165) is 32.3 Å². The molecule has 0 heterocycles. The van der Waals surface area contributed by atoms with Crippen LogP contribution in [0.1, 0.15) is 78.1 Å². The van der Waals surface area contributed by atoms with E-state index in [0.29, 0.717) is 12.1 Å². The quantitative estimate of drug-likeness (QED) is 0.569. The summed E-state index contributed by atoms with van der Waals surface area (Å²) in [6.07, 6.45) is 13.1. The fourth-order valence-corrected chi connectivity index (χ4v) is 3.72. The van der Waals surface area contributed by atoms with Gasteiger partial charge in [-0.3, -0.25) is 0 Å². The van der Waals surface area contributed by atoms with Crippen molar-refractivity contribution < 1.29 is 4.74 Å². The van der Waals surface area contributed by atoms with Crippen molar-refractivity contribution in [3.63, 3.8) is 0 Å². The molecule has 0 aliphatic heterocycles. The van der Waals surface area contributed by atoms with Crippen molar-refractivity contribution in [2.45, 2.75) is 90.1 Å². The van der Waals surface area contributed by atoms with E-state index in [1.807, 2.05) is 0 Å². The van der Waals surface area contributed by atoms with Crippen LogP contribution in [-0.4, -0.2) is 49.2 Å². The molecule has 0 amide bonds. The first kappa shape index (κ1) is 18.6. The lowest BCUT2D eigenvalue weighted by molar-refractivity contribution is 0.203. The summed E-state index contributed by atoms with van der Waals surface area (Å²) in [6.45, 7) is 8.33. The lowest BCUT2D eigenvalue weighted by Crippen LogP contribution is -2.40. The second kappa shape index (κ2) is 10.9. The number of rotatable bonds is 7. The second-order valence-corrected chi connectivity index (χ2v) is 7.08. The number of amidine groups is 1. The van der Waals surface area contributed by atoms with Gasteiger partial charge < -0.3 is 15.0 Å². The second-order valence-electron chi connectivity index (χ2n) is 7.08. The number of ether oxygens (including phenoxy) is 1. The van der Waals surface area contributed by atoms with Gasteiger partial charge in [-0.25, -0.2) is 4.99 Å². The molecule has 2 aliphatic carbocycles. The summed E-state index contributed by atoms with van der Waals surface area (Å²) in [5, 5.41) is 3.62. The van der Waals surface area contributed by atoms with E-state index < -0.39 is 0 Å². The monoisotopic (exact) mass is 323 g/mol. The Balaban J connectivity index is 1.85. The molecule has 0 unspecified atom stereocenters. The molecule has 0 radical (unpaired) electrons. The van der Waals surface area contributed by atoms with E-state index in [2.05, 4.69) is 24.1 Å². The number of aliphatic imine (C=N–C) groups is 1. The average Bonchev–Trinajstić information content (AvgIpc) is 2.60. The van der Waals surface area contributed by atoms with Gasteiger partial charge in [-0.05, 0) is 38.8 Å². The van der Waals surface area contributed by atoms with Crippen LogP contribution in [-0.2, 0) is 4.74 Å². The van der Waals surface area contributed by atoms with Gasteiger partial charge in [0.25, 0.3) is 6.02 Å². The Bertz CT molecular complexity index is 330. The van der Waals surface area contributed by atoms with Gasteiger partial charge in [0, 0.05) is 12.6 Å². The van der Waals surface area contributed by atoms with E-state index in [4.69, 9.17) is 9.73 Å². The van der Waals surface area contributed by atoms with Crippen LogP contribution in [0.2, 0.25) is 0 Å². The zero-order valence-corrected chi connectivity index (χ0v) is 15.4. The number of nitrogens with zero attached hydrogens (tertiary/aromatic N) is 2. The minimum atomic E-state index is 0.475. The van der Waals surface area contributed by atoms with Crippen molar-refractivity contribution in [3.05, 3.63) is 0 Å². The highest BCUT2D eigenvalue weighted by molar-refractivity contribution is 5.74. The summed E-state index contributed by atoms with van der Waals surface area (Å²) >= 11 is 0. The van der Waals surface area contributed by atoms with Gasteiger partial charge in [-0.15, -0.1) is 0 Å². The minimum absolute atomic E-state index is 0.475. The molecule has 1 N–H and O–H groups in total. The molecule has 0 bridgehead atoms. The Labute approximate surface area is 143 Å². The third kappa shape index (κ3) is 7.11. The highest BCUT2D eigenvalue weighted by Gasteiger charge is 2.18. The van der Waals surface area contributed by atoms with E-state index in [-0.39, 0.29) is 0 Å². The van der Waals surface area contributed by atoms with Crippen LogP contribution in [0.3, 0.4) is 0 Å². The summed E-state index contributed by atoms with van der Waals surface area (Å²) in [5.41, 5.74) is 0. The predicted molar refractivity (Wildman–Crippen MR) is 98.1 cm³/mol. The number of likely N-dealkylation sites (N-methyl/N-ethyl adjacent to an activating group) is 1. The topological polar surface area (TPSA) is 36.9 Å². The summed E-state index contributed by atoms with van der Waals surface area (Å²) in [4.78, 5) is 7.34. The van der Waals surface area contributed by atoms with Crippen LogP contribution >= 0.6 is 0 Å². The molecule has 0 spiro atoms. The van der Waals surface area contributed by atoms with Gasteiger partial charge in [0.2, 0.25) is 0 Å². The maximum absolute atomic E-state index is 6.08. The van der Waals surface area contributed by atoms with Crippen LogP contribution in [0.15, 0.2) is 4.99 Å². The van der Waals surface area contributed by atoms with Crippen LogP contribution in [0, 0.1) is 0 Å². The zero-order valence-electron chi connectivity index (χ0n) is 15.4. The Morgan fingerprint density at radius 3 is 2.17 bits per heavy atom. The molecule has 4 heteroatoms. The number of hydrogen-bond donors (Lipinski definition) is 1. The molecule has 0 aromatic heterocycles. The fourth-order valence-electron chi connectivity index (χ4n) is 3.72. The normalized spacial score (nSPS) is 21.6. The Hall–Kier alpha value is -0.770. The minimum Gasteiger partial charge on any atom is -0.464 e. The van der Waals surface area contributed by atoms with Gasteiger partial charge in [-0.2, -0.15) is 0 Å². The third-order valence-electron chi connectivity index (χ3n) is 5.35. The molecule has 0 aromatic carbocycles. The molecular weight excluding hydrogens is 286 g/mol. The van der Waals surface area contributed by atoms with E-state index >= 15 is 0 Å². The Morgan fingerprint density at radius 1 is 0.957 bits per heavy atom. The molecule has 2 fully saturated rings.